The quantitative estimate of drug-likeness (QED) is 0.562. The zero-order chi connectivity index (χ0) is 9.26. The van der Waals surface area contributed by atoms with Gasteiger partial charge in [-0.1, -0.05) is 18.2 Å². The highest BCUT2D eigenvalue weighted by Crippen LogP contribution is 1.91. The number of para-hydroxylation sites is 1. The van der Waals surface area contributed by atoms with Crippen LogP contribution >= 0.6 is 0 Å². The molecule has 0 radical (unpaired) electrons. The number of amides is 2. The van der Waals surface area contributed by atoms with Crippen molar-refractivity contribution in [2.24, 2.45) is 10.7 Å². The van der Waals surface area contributed by atoms with E-state index in [2.05, 4.69) is 4.99 Å². The summed E-state index contributed by atoms with van der Waals surface area (Å²) in [6.45, 7) is 0.312. The molecule has 13 heavy (non-hydrogen) atoms. The second-order valence-electron chi connectivity index (χ2n) is 2.80. The Labute approximate surface area is 75.0 Å². The van der Waals surface area contributed by atoms with E-state index in [9.17, 15) is 4.79 Å². The third kappa shape index (κ3) is 1.38. The molecule has 1 aromatic rings. The molecule has 2 N–H and O–H groups in total. The number of benzene rings is 1. The van der Waals surface area contributed by atoms with E-state index < -0.39 is 6.03 Å². The summed E-state index contributed by atoms with van der Waals surface area (Å²) >= 11 is 0. The number of rotatable bonds is 0. The van der Waals surface area contributed by atoms with Gasteiger partial charge in [-0.3, -0.25) is 9.89 Å². The molecule has 2 rings (SSSR count). The van der Waals surface area contributed by atoms with Gasteiger partial charge in [0.1, 0.15) is 6.67 Å². The van der Waals surface area contributed by atoms with Gasteiger partial charge < -0.3 is 5.73 Å². The molecule has 2 amide bonds. The third-order valence-electron chi connectivity index (χ3n) is 1.91. The minimum Gasteiger partial charge on any atom is -0.351 e. The molecule has 0 saturated carbocycles. The zero-order valence-electron chi connectivity index (χ0n) is 6.97. The van der Waals surface area contributed by atoms with Gasteiger partial charge in [0.05, 0.1) is 5.36 Å². The summed E-state index contributed by atoms with van der Waals surface area (Å²) in [5.41, 5.74) is 5.12. The van der Waals surface area contributed by atoms with Crippen LogP contribution in [0.1, 0.15) is 0 Å². The summed E-state index contributed by atoms with van der Waals surface area (Å²) in [6.07, 6.45) is 1.71. The van der Waals surface area contributed by atoms with Gasteiger partial charge in [-0.25, -0.2) is 4.79 Å². The lowest BCUT2D eigenvalue weighted by molar-refractivity contribution is 0.229. The first kappa shape index (κ1) is 7.79. The Kier molecular flexibility index (Phi) is 1.73. The molecule has 4 heteroatoms. The van der Waals surface area contributed by atoms with Crippen molar-refractivity contribution in [1.29, 1.82) is 0 Å². The van der Waals surface area contributed by atoms with Crippen molar-refractivity contribution in [3.63, 3.8) is 0 Å². The van der Waals surface area contributed by atoms with Gasteiger partial charge in [-0.15, -0.1) is 0 Å². The van der Waals surface area contributed by atoms with Crippen molar-refractivity contribution in [3.05, 3.63) is 34.8 Å². The van der Waals surface area contributed by atoms with Gasteiger partial charge in [-0.05, 0) is 6.07 Å². The maximum absolute atomic E-state index is 10.8. The van der Waals surface area contributed by atoms with E-state index in [0.29, 0.717) is 6.67 Å². The Morgan fingerprint density at radius 2 is 2.23 bits per heavy atom. The average molecular weight is 175 g/mol. The van der Waals surface area contributed by atoms with Crippen molar-refractivity contribution in [2.75, 3.05) is 6.67 Å². The molecule has 1 aliphatic heterocycles. The lowest BCUT2D eigenvalue weighted by atomic mass is 10.3. The highest BCUT2D eigenvalue weighted by atomic mass is 16.2. The molecule has 1 aliphatic rings. The van der Waals surface area contributed by atoms with E-state index in [0.717, 1.165) is 10.6 Å². The van der Waals surface area contributed by atoms with E-state index in [1.807, 2.05) is 24.3 Å². The summed E-state index contributed by atoms with van der Waals surface area (Å²) in [6, 6.07) is 7.14. The number of carbonyl (C=O) groups is 1. The maximum atomic E-state index is 10.8. The van der Waals surface area contributed by atoms with Crippen LogP contribution in [0.2, 0.25) is 0 Å². The Morgan fingerprint density at radius 3 is 3.00 bits per heavy atom. The van der Waals surface area contributed by atoms with Crippen LogP contribution < -0.4 is 16.3 Å². The molecule has 1 aromatic carbocycles. The fourth-order valence-corrected chi connectivity index (χ4v) is 1.24. The molecule has 0 atom stereocenters. The molecule has 0 saturated heterocycles. The molecule has 0 aliphatic carbocycles. The minimum absolute atomic E-state index is 0.312. The summed E-state index contributed by atoms with van der Waals surface area (Å²) in [5, 5.41) is 1.83. The van der Waals surface area contributed by atoms with E-state index in [1.165, 1.54) is 4.90 Å². The first-order valence-corrected chi connectivity index (χ1v) is 3.95. The normalized spacial score (nSPS) is 14.0. The van der Waals surface area contributed by atoms with Crippen LogP contribution in [0.5, 0.6) is 0 Å². The molecule has 0 aromatic heterocycles. The van der Waals surface area contributed by atoms with Crippen LogP contribution in [-0.2, 0) is 0 Å². The van der Waals surface area contributed by atoms with Crippen LogP contribution in [0, 0.1) is 0 Å². The van der Waals surface area contributed by atoms with Crippen LogP contribution in [-0.4, -0.2) is 17.6 Å². The summed E-state index contributed by atoms with van der Waals surface area (Å²) in [5.74, 6) is 0. The van der Waals surface area contributed by atoms with E-state index >= 15 is 0 Å². The summed E-state index contributed by atoms with van der Waals surface area (Å²) in [4.78, 5) is 16.4. The van der Waals surface area contributed by atoms with Crippen molar-refractivity contribution in [2.45, 2.75) is 0 Å². The SMILES string of the molecule is NC(=O)N1C=c2ccccc2=NC1. The number of hydrogen-bond acceptors (Lipinski definition) is 2. The fourth-order valence-electron chi connectivity index (χ4n) is 1.24. The fraction of sp³-hybridized carbons (Fsp3) is 0.111. The average Bonchev–Trinajstić information content (AvgIpc) is 2.17. The number of primary amides is 1. The van der Waals surface area contributed by atoms with Crippen molar-refractivity contribution >= 4 is 12.2 Å². The maximum Gasteiger partial charge on any atom is 0.320 e. The van der Waals surface area contributed by atoms with E-state index in [1.54, 1.807) is 6.20 Å². The Hall–Kier alpha value is -1.84. The predicted molar refractivity (Wildman–Crippen MR) is 48.0 cm³/mol. The first-order chi connectivity index (χ1) is 6.27. The molecule has 66 valence electrons. The highest BCUT2D eigenvalue weighted by Gasteiger charge is 2.07. The smallest absolute Gasteiger partial charge is 0.320 e. The lowest BCUT2D eigenvalue weighted by Crippen LogP contribution is -2.40. The van der Waals surface area contributed by atoms with Gasteiger partial charge in [-0.2, -0.15) is 0 Å². The molecular formula is C9H9N3O. The minimum atomic E-state index is -0.474. The number of nitrogens with zero attached hydrogens (tertiary/aromatic N) is 2. The Morgan fingerprint density at radius 1 is 1.46 bits per heavy atom. The van der Waals surface area contributed by atoms with Crippen molar-refractivity contribution in [1.82, 2.24) is 4.90 Å². The predicted octanol–water partition coefficient (Wildman–Crippen LogP) is -0.604. The van der Waals surface area contributed by atoms with Gasteiger partial charge in [0.2, 0.25) is 0 Å². The topological polar surface area (TPSA) is 58.7 Å². The number of nitrogens with two attached hydrogens (primary N) is 1. The molecule has 1 heterocycles. The van der Waals surface area contributed by atoms with E-state index in [-0.39, 0.29) is 0 Å². The van der Waals surface area contributed by atoms with Gasteiger partial charge in [0, 0.05) is 11.4 Å². The molecule has 4 nitrogen and oxygen atoms in total. The molecule has 0 bridgehead atoms. The molecular weight excluding hydrogens is 166 g/mol. The van der Waals surface area contributed by atoms with Crippen LogP contribution in [0.15, 0.2) is 29.3 Å². The highest BCUT2D eigenvalue weighted by molar-refractivity contribution is 5.76. The first-order valence-electron chi connectivity index (χ1n) is 3.95. The van der Waals surface area contributed by atoms with Crippen molar-refractivity contribution < 1.29 is 4.79 Å². The lowest BCUT2D eigenvalue weighted by Gasteiger charge is -2.15. The largest absolute Gasteiger partial charge is 0.351 e. The van der Waals surface area contributed by atoms with Gasteiger partial charge in [0.25, 0.3) is 0 Å². The Balaban J connectivity index is 2.55. The van der Waals surface area contributed by atoms with Crippen molar-refractivity contribution in [3.8, 4) is 0 Å². The summed E-state index contributed by atoms with van der Waals surface area (Å²) in [7, 11) is 0. The monoisotopic (exact) mass is 175 g/mol. The van der Waals surface area contributed by atoms with Crippen LogP contribution in [0.25, 0.3) is 6.20 Å². The Bertz CT molecular complexity index is 452. The number of urea groups is 1. The number of fused-ring (bicyclic) bond motifs is 1. The van der Waals surface area contributed by atoms with Crippen LogP contribution in [0.4, 0.5) is 4.79 Å². The number of carbonyl (C=O) groups excluding carboxylic acids is 1. The van der Waals surface area contributed by atoms with E-state index in [4.69, 9.17) is 5.73 Å². The zero-order valence-corrected chi connectivity index (χ0v) is 6.97. The molecule has 0 spiro atoms. The summed E-state index contributed by atoms with van der Waals surface area (Å²) < 4.78 is 0. The number of hydrogen-bond donors (Lipinski definition) is 1. The van der Waals surface area contributed by atoms with Gasteiger partial charge in [0.15, 0.2) is 0 Å². The second kappa shape index (κ2) is 2.90. The van der Waals surface area contributed by atoms with Gasteiger partial charge >= 0.3 is 6.03 Å². The molecule has 0 fully saturated rings. The standard InChI is InChI=1S/C9H9N3O/c10-9(13)12-5-7-3-1-2-4-8(7)11-6-12/h1-5H,6H2,(H2,10,13). The van der Waals surface area contributed by atoms with Crippen LogP contribution in [0.3, 0.4) is 0 Å². The molecule has 0 unspecified atom stereocenters. The third-order valence-corrected chi connectivity index (χ3v) is 1.91. The second-order valence-corrected chi connectivity index (χ2v) is 2.80.